The summed E-state index contributed by atoms with van der Waals surface area (Å²) in [5.74, 6) is 0.656. The first kappa shape index (κ1) is 34.4. The number of hydrogen-bond donors (Lipinski definition) is 3. The first-order valence-electron chi connectivity index (χ1n) is 15.1. The molecule has 1 aromatic carbocycles. The summed E-state index contributed by atoms with van der Waals surface area (Å²) < 4.78 is 32.1. The standard InChI is InChI=1S/C32H43ClN6O5S/c1-19(2)44-27-16-23(22-10-13-39(14-11-22)18-32(6,7)30(40)41)21(5)15-26(27)37-31-35-17-24(33)28(38-31)36-25-9-8-12-34-29(25)45(42,43)20(3)4/h8-9,12,15-17,19-20,22H,10-11,13-14,18H2,1-7H3,(H,40,41)(H2,35,36,37,38). The number of benzene rings is 1. The highest BCUT2D eigenvalue weighted by Crippen LogP contribution is 2.39. The number of carboxylic acids is 1. The van der Waals surface area contributed by atoms with Crippen molar-refractivity contribution in [2.24, 2.45) is 5.41 Å². The van der Waals surface area contributed by atoms with Crippen LogP contribution in [0.5, 0.6) is 5.75 Å². The van der Waals surface area contributed by atoms with Crippen LogP contribution in [0, 0.1) is 12.3 Å². The fourth-order valence-corrected chi connectivity index (χ4v) is 6.54. The molecule has 1 aliphatic heterocycles. The van der Waals surface area contributed by atoms with Gasteiger partial charge in [-0.3, -0.25) is 4.79 Å². The van der Waals surface area contributed by atoms with Crippen LogP contribution in [-0.2, 0) is 14.6 Å². The number of aliphatic carboxylic acids is 1. The molecule has 3 N–H and O–H groups in total. The van der Waals surface area contributed by atoms with E-state index in [0.717, 1.165) is 31.5 Å². The lowest BCUT2D eigenvalue weighted by Gasteiger charge is -2.36. The molecule has 244 valence electrons. The van der Waals surface area contributed by atoms with Crippen LogP contribution in [-0.4, -0.2) is 70.3 Å². The summed E-state index contributed by atoms with van der Waals surface area (Å²) in [5, 5.41) is 15.3. The van der Waals surface area contributed by atoms with Crippen molar-refractivity contribution in [1.82, 2.24) is 19.9 Å². The summed E-state index contributed by atoms with van der Waals surface area (Å²) >= 11 is 6.43. The van der Waals surface area contributed by atoms with Gasteiger partial charge in [-0.05, 0) is 116 Å². The zero-order chi connectivity index (χ0) is 33.1. The molecule has 3 heterocycles. The molecule has 45 heavy (non-hydrogen) atoms. The number of rotatable bonds is 12. The van der Waals surface area contributed by atoms with E-state index in [2.05, 4.69) is 43.5 Å². The van der Waals surface area contributed by atoms with E-state index < -0.39 is 26.5 Å². The van der Waals surface area contributed by atoms with Gasteiger partial charge in [0.15, 0.2) is 20.7 Å². The number of halogens is 1. The van der Waals surface area contributed by atoms with Gasteiger partial charge in [0.25, 0.3) is 0 Å². The maximum absolute atomic E-state index is 12.9. The maximum atomic E-state index is 12.9. The van der Waals surface area contributed by atoms with Crippen LogP contribution in [0.15, 0.2) is 41.7 Å². The summed E-state index contributed by atoms with van der Waals surface area (Å²) in [6.07, 6.45) is 4.62. The van der Waals surface area contributed by atoms with Crippen LogP contribution in [0.2, 0.25) is 5.02 Å². The van der Waals surface area contributed by atoms with Crippen molar-refractivity contribution < 1.29 is 23.1 Å². The third-order valence-corrected chi connectivity index (χ3v) is 10.2. The van der Waals surface area contributed by atoms with Crippen molar-refractivity contribution in [3.05, 3.63) is 52.8 Å². The molecule has 0 radical (unpaired) electrons. The Bertz CT molecular complexity index is 1640. The van der Waals surface area contributed by atoms with Crippen molar-refractivity contribution in [3.8, 4) is 5.75 Å². The van der Waals surface area contributed by atoms with E-state index in [4.69, 9.17) is 16.3 Å². The Hall–Kier alpha value is -3.48. The largest absolute Gasteiger partial charge is 0.489 e. The lowest BCUT2D eigenvalue weighted by molar-refractivity contribution is -0.148. The van der Waals surface area contributed by atoms with E-state index in [1.165, 1.54) is 18.0 Å². The molecule has 13 heteroatoms. The van der Waals surface area contributed by atoms with E-state index >= 15 is 0 Å². The van der Waals surface area contributed by atoms with Crippen molar-refractivity contribution >= 4 is 50.5 Å². The first-order chi connectivity index (χ1) is 21.1. The highest BCUT2D eigenvalue weighted by atomic mass is 35.5. The molecule has 0 atom stereocenters. The van der Waals surface area contributed by atoms with Gasteiger partial charge in [-0.1, -0.05) is 11.6 Å². The van der Waals surface area contributed by atoms with E-state index in [1.54, 1.807) is 39.8 Å². The van der Waals surface area contributed by atoms with Crippen molar-refractivity contribution in [1.29, 1.82) is 0 Å². The number of nitrogens with zero attached hydrogens (tertiary/aromatic N) is 4. The van der Waals surface area contributed by atoms with Crippen LogP contribution in [0.4, 0.5) is 23.1 Å². The number of hydrogen-bond acceptors (Lipinski definition) is 10. The Balaban J connectivity index is 1.58. The average Bonchev–Trinajstić information content (AvgIpc) is 2.96. The quantitative estimate of drug-likeness (QED) is 0.194. The Morgan fingerprint density at radius 1 is 1.13 bits per heavy atom. The van der Waals surface area contributed by atoms with Gasteiger partial charge in [0.1, 0.15) is 10.8 Å². The number of anilines is 4. The number of nitrogens with one attached hydrogen (secondary N) is 2. The summed E-state index contributed by atoms with van der Waals surface area (Å²) in [7, 11) is -3.67. The molecule has 0 amide bonds. The lowest BCUT2D eigenvalue weighted by Crippen LogP contribution is -2.42. The smallest absolute Gasteiger partial charge is 0.310 e. The number of ether oxygens (including phenoxy) is 1. The third-order valence-electron chi connectivity index (χ3n) is 7.86. The van der Waals surface area contributed by atoms with Crippen LogP contribution in [0.1, 0.15) is 71.4 Å². The number of likely N-dealkylation sites (tertiary alicyclic amines) is 1. The summed E-state index contributed by atoms with van der Waals surface area (Å²) in [5.41, 5.74) is 2.44. The molecule has 1 aliphatic rings. The van der Waals surface area contributed by atoms with Gasteiger partial charge in [-0.15, -0.1) is 0 Å². The SMILES string of the molecule is Cc1cc(Nc2ncc(Cl)c(Nc3cccnc3S(=O)(=O)C(C)C)n2)c(OC(C)C)cc1C1CCN(CC(C)(C)C(=O)O)CC1. The number of aryl methyl sites for hydroxylation is 1. The number of sulfone groups is 1. The predicted molar refractivity (Wildman–Crippen MR) is 177 cm³/mol. The van der Waals surface area contributed by atoms with E-state index in [0.29, 0.717) is 23.9 Å². The molecule has 0 spiro atoms. The second-order valence-corrected chi connectivity index (χ2v) is 15.5. The van der Waals surface area contributed by atoms with Gasteiger partial charge in [-0.25, -0.2) is 18.4 Å². The van der Waals surface area contributed by atoms with Gasteiger partial charge in [0, 0.05) is 12.7 Å². The molecule has 1 saturated heterocycles. The Morgan fingerprint density at radius 3 is 2.44 bits per heavy atom. The fraction of sp³-hybridized carbons (Fsp3) is 0.500. The first-order valence-corrected chi connectivity index (χ1v) is 17.0. The molecule has 3 aromatic rings. The number of aromatic nitrogens is 3. The minimum absolute atomic E-state index is 0.0838. The Morgan fingerprint density at radius 2 is 1.82 bits per heavy atom. The van der Waals surface area contributed by atoms with Crippen molar-refractivity contribution in [3.63, 3.8) is 0 Å². The topological polar surface area (TPSA) is 147 Å². The normalized spacial score (nSPS) is 15.0. The summed E-state index contributed by atoms with van der Waals surface area (Å²) in [6, 6.07) is 7.35. The van der Waals surface area contributed by atoms with Gasteiger partial charge in [0.2, 0.25) is 5.95 Å². The van der Waals surface area contributed by atoms with Crippen molar-refractivity contribution in [2.45, 2.75) is 83.6 Å². The van der Waals surface area contributed by atoms with E-state index in [1.807, 2.05) is 19.9 Å². The summed E-state index contributed by atoms with van der Waals surface area (Å²) in [6.45, 7) is 14.9. The van der Waals surface area contributed by atoms with Crippen LogP contribution < -0.4 is 15.4 Å². The van der Waals surface area contributed by atoms with Gasteiger partial charge < -0.3 is 25.4 Å². The molecule has 2 aromatic heterocycles. The average molecular weight is 659 g/mol. The van der Waals surface area contributed by atoms with Gasteiger partial charge >= 0.3 is 5.97 Å². The van der Waals surface area contributed by atoms with E-state index in [9.17, 15) is 18.3 Å². The molecule has 0 bridgehead atoms. The number of carboxylic acid groups (broad SMARTS) is 1. The number of carbonyl (C=O) groups is 1. The molecule has 11 nitrogen and oxygen atoms in total. The van der Waals surface area contributed by atoms with E-state index in [-0.39, 0.29) is 33.6 Å². The predicted octanol–water partition coefficient (Wildman–Crippen LogP) is 6.58. The van der Waals surface area contributed by atoms with Crippen LogP contribution >= 0.6 is 11.6 Å². The van der Waals surface area contributed by atoms with Gasteiger partial charge in [-0.2, -0.15) is 4.98 Å². The number of piperidine rings is 1. The molecular formula is C32H43ClN6O5S. The molecule has 0 aliphatic carbocycles. The summed E-state index contributed by atoms with van der Waals surface area (Å²) in [4.78, 5) is 26.9. The molecule has 0 saturated carbocycles. The molecule has 1 fully saturated rings. The second-order valence-electron chi connectivity index (χ2n) is 12.7. The maximum Gasteiger partial charge on any atom is 0.310 e. The fourth-order valence-electron chi connectivity index (χ4n) is 5.32. The molecule has 0 unspecified atom stereocenters. The highest BCUT2D eigenvalue weighted by molar-refractivity contribution is 7.92. The zero-order valence-corrected chi connectivity index (χ0v) is 28.5. The minimum atomic E-state index is -3.67. The van der Waals surface area contributed by atoms with Crippen LogP contribution in [0.3, 0.4) is 0 Å². The third kappa shape index (κ3) is 8.22. The Labute approximate surface area is 270 Å². The number of pyridine rings is 1. The Kier molecular flexibility index (Phi) is 10.6. The highest BCUT2D eigenvalue weighted by Gasteiger charge is 2.32. The molecular weight excluding hydrogens is 616 g/mol. The minimum Gasteiger partial charge on any atom is -0.489 e. The second kappa shape index (κ2) is 13.9. The monoisotopic (exact) mass is 658 g/mol. The lowest BCUT2D eigenvalue weighted by atomic mass is 9.85. The van der Waals surface area contributed by atoms with Crippen LogP contribution in [0.25, 0.3) is 0 Å². The van der Waals surface area contributed by atoms with Gasteiger partial charge in [0.05, 0.1) is 34.3 Å². The zero-order valence-electron chi connectivity index (χ0n) is 26.9. The molecule has 4 rings (SSSR count). The van der Waals surface area contributed by atoms with Crippen molar-refractivity contribution in [2.75, 3.05) is 30.3 Å².